The number of rotatable bonds is 6. The molecule has 1 unspecified atom stereocenters. The van der Waals surface area contributed by atoms with Gasteiger partial charge in [-0.2, -0.15) is 0 Å². The first-order valence-electron chi connectivity index (χ1n) is 11.9. The summed E-state index contributed by atoms with van der Waals surface area (Å²) in [5.74, 6) is -0.399. The number of carbonyl (C=O) groups excluding carboxylic acids is 3. The summed E-state index contributed by atoms with van der Waals surface area (Å²) in [5.41, 5.74) is 6.29. The molecule has 0 bridgehead atoms. The monoisotopic (exact) mass is 464 g/mol. The lowest BCUT2D eigenvalue weighted by Gasteiger charge is -2.43. The van der Waals surface area contributed by atoms with E-state index in [4.69, 9.17) is 10.5 Å². The van der Waals surface area contributed by atoms with Gasteiger partial charge in [0.05, 0.1) is 5.92 Å². The van der Waals surface area contributed by atoms with Crippen molar-refractivity contribution < 1.29 is 19.1 Å². The second-order valence-electron chi connectivity index (χ2n) is 8.92. The molecule has 3 amide bonds. The maximum Gasteiger partial charge on any atom is 0.415 e. The van der Waals surface area contributed by atoms with Crippen LogP contribution in [0.2, 0.25) is 0 Å². The van der Waals surface area contributed by atoms with E-state index in [1.165, 1.54) is 0 Å². The van der Waals surface area contributed by atoms with Gasteiger partial charge in [0.15, 0.2) is 0 Å². The quantitative estimate of drug-likeness (QED) is 0.684. The molecular weight excluding hydrogens is 432 g/mol. The SMILES string of the molecule is NC(=O)[C@@H](NC(=O)[C@@H]1CCCCC1N1CCN(C(=O)Oc2ccccc2)CC1)c1ccccc1. The molecule has 4 rings (SSSR count). The van der Waals surface area contributed by atoms with Gasteiger partial charge in [-0.1, -0.05) is 61.4 Å². The topological polar surface area (TPSA) is 105 Å². The van der Waals surface area contributed by atoms with E-state index in [2.05, 4.69) is 10.2 Å². The third kappa shape index (κ3) is 5.75. The molecule has 8 heteroatoms. The van der Waals surface area contributed by atoms with Crippen molar-refractivity contribution in [1.29, 1.82) is 0 Å². The summed E-state index contributed by atoms with van der Waals surface area (Å²) >= 11 is 0. The van der Waals surface area contributed by atoms with E-state index in [0.29, 0.717) is 37.5 Å². The smallest absolute Gasteiger partial charge is 0.410 e. The van der Waals surface area contributed by atoms with E-state index in [-0.39, 0.29) is 24.0 Å². The number of amides is 3. The summed E-state index contributed by atoms with van der Waals surface area (Å²) < 4.78 is 5.46. The van der Waals surface area contributed by atoms with Crippen LogP contribution in [0.1, 0.15) is 37.3 Å². The van der Waals surface area contributed by atoms with Crippen molar-refractivity contribution in [2.24, 2.45) is 11.7 Å². The molecule has 2 aromatic carbocycles. The predicted molar refractivity (Wildman–Crippen MR) is 128 cm³/mol. The molecule has 2 fully saturated rings. The van der Waals surface area contributed by atoms with Crippen molar-refractivity contribution in [3.8, 4) is 5.75 Å². The van der Waals surface area contributed by atoms with Gasteiger partial charge >= 0.3 is 6.09 Å². The van der Waals surface area contributed by atoms with Crippen LogP contribution in [0, 0.1) is 5.92 Å². The number of benzene rings is 2. The Hall–Kier alpha value is -3.39. The molecule has 1 aliphatic heterocycles. The maximum atomic E-state index is 13.3. The number of hydrogen-bond donors (Lipinski definition) is 2. The number of ether oxygens (including phenoxy) is 1. The Labute approximate surface area is 200 Å². The number of nitrogens with one attached hydrogen (secondary N) is 1. The zero-order chi connectivity index (χ0) is 23.9. The predicted octanol–water partition coefficient (Wildman–Crippen LogP) is 2.70. The largest absolute Gasteiger partial charge is 0.415 e. The molecule has 34 heavy (non-hydrogen) atoms. The van der Waals surface area contributed by atoms with Gasteiger partial charge in [-0.3, -0.25) is 14.5 Å². The normalized spacial score (nSPS) is 21.9. The maximum absolute atomic E-state index is 13.3. The highest BCUT2D eigenvalue weighted by atomic mass is 16.6. The van der Waals surface area contributed by atoms with Crippen LogP contribution in [0.5, 0.6) is 5.75 Å². The molecule has 2 aromatic rings. The lowest BCUT2D eigenvalue weighted by Crippen LogP contribution is -2.57. The molecule has 0 radical (unpaired) electrons. The average Bonchev–Trinajstić information content (AvgIpc) is 2.88. The summed E-state index contributed by atoms with van der Waals surface area (Å²) in [6.07, 6.45) is 3.37. The standard InChI is InChI=1S/C26H32N4O4/c27-24(31)23(19-9-3-1-4-10-19)28-25(32)21-13-7-8-14-22(21)29-15-17-30(18-16-29)26(33)34-20-11-5-2-6-12-20/h1-6,9-12,21-23H,7-8,13-18H2,(H2,27,31)(H,28,32)/t21-,22?,23+/m1/s1. The van der Waals surface area contributed by atoms with Gasteiger partial charge in [-0.15, -0.1) is 0 Å². The molecule has 8 nitrogen and oxygen atoms in total. The number of nitrogens with zero attached hydrogens (tertiary/aromatic N) is 2. The van der Waals surface area contributed by atoms with Crippen LogP contribution in [0.4, 0.5) is 4.79 Å². The lowest BCUT2D eigenvalue weighted by atomic mass is 9.82. The summed E-state index contributed by atoms with van der Waals surface area (Å²) in [6.45, 7) is 2.45. The van der Waals surface area contributed by atoms with Crippen molar-refractivity contribution >= 4 is 17.9 Å². The van der Waals surface area contributed by atoms with Crippen molar-refractivity contribution in [2.45, 2.75) is 37.8 Å². The zero-order valence-electron chi connectivity index (χ0n) is 19.3. The van der Waals surface area contributed by atoms with E-state index in [9.17, 15) is 14.4 Å². The number of nitrogens with two attached hydrogens (primary N) is 1. The van der Waals surface area contributed by atoms with Gasteiger partial charge in [-0.05, 0) is 30.5 Å². The molecular formula is C26H32N4O4. The minimum absolute atomic E-state index is 0.0744. The van der Waals surface area contributed by atoms with Gasteiger partial charge in [0.2, 0.25) is 11.8 Å². The molecule has 1 saturated carbocycles. The zero-order valence-corrected chi connectivity index (χ0v) is 19.3. The highest BCUT2D eigenvalue weighted by Gasteiger charge is 2.38. The Morgan fingerprint density at radius 1 is 0.882 bits per heavy atom. The summed E-state index contributed by atoms with van der Waals surface area (Å²) in [7, 11) is 0. The summed E-state index contributed by atoms with van der Waals surface area (Å²) in [6, 6.07) is 17.4. The van der Waals surface area contributed by atoms with Gasteiger partial charge in [0, 0.05) is 32.2 Å². The highest BCUT2D eigenvalue weighted by Crippen LogP contribution is 2.30. The summed E-state index contributed by atoms with van der Waals surface area (Å²) in [5, 5.41) is 2.90. The first-order valence-corrected chi connectivity index (χ1v) is 11.9. The van der Waals surface area contributed by atoms with E-state index in [0.717, 1.165) is 25.7 Å². The Morgan fingerprint density at radius 3 is 2.15 bits per heavy atom. The molecule has 3 atom stereocenters. The van der Waals surface area contributed by atoms with Crippen molar-refractivity contribution in [3.05, 3.63) is 66.2 Å². The van der Waals surface area contributed by atoms with E-state index in [1.807, 2.05) is 36.4 Å². The minimum Gasteiger partial charge on any atom is -0.410 e. The number of para-hydroxylation sites is 1. The lowest BCUT2D eigenvalue weighted by molar-refractivity contribution is -0.133. The van der Waals surface area contributed by atoms with Crippen LogP contribution < -0.4 is 15.8 Å². The second kappa shape index (κ2) is 11.2. The third-order valence-electron chi connectivity index (χ3n) is 6.76. The first kappa shape index (κ1) is 23.8. The Balaban J connectivity index is 1.36. The van der Waals surface area contributed by atoms with Crippen LogP contribution in [-0.4, -0.2) is 59.9 Å². The number of hydrogen-bond acceptors (Lipinski definition) is 5. The van der Waals surface area contributed by atoms with Crippen LogP contribution in [-0.2, 0) is 9.59 Å². The number of carbonyl (C=O) groups is 3. The Morgan fingerprint density at radius 2 is 1.50 bits per heavy atom. The third-order valence-corrected chi connectivity index (χ3v) is 6.76. The number of primary amides is 1. The molecule has 1 saturated heterocycles. The van der Waals surface area contributed by atoms with Gasteiger partial charge in [-0.25, -0.2) is 4.79 Å². The molecule has 3 N–H and O–H groups in total. The van der Waals surface area contributed by atoms with Crippen molar-refractivity contribution in [3.63, 3.8) is 0 Å². The molecule has 1 heterocycles. The second-order valence-corrected chi connectivity index (χ2v) is 8.92. The van der Waals surface area contributed by atoms with Crippen LogP contribution in [0.3, 0.4) is 0 Å². The summed E-state index contributed by atoms with van der Waals surface area (Å²) in [4.78, 5) is 41.9. The van der Waals surface area contributed by atoms with Gasteiger partial charge in [0.25, 0.3) is 0 Å². The highest BCUT2D eigenvalue weighted by molar-refractivity contribution is 5.88. The first-order chi connectivity index (χ1) is 16.5. The fourth-order valence-electron chi connectivity index (χ4n) is 4.96. The molecule has 1 aliphatic carbocycles. The molecule has 0 spiro atoms. The minimum atomic E-state index is -0.846. The van der Waals surface area contributed by atoms with Crippen LogP contribution in [0.25, 0.3) is 0 Å². The van der Waals surface area contributed by atoms with Gasteiger partial charge < -0.3 is 20.7 Å². The van der Waals surface area contributed by atoms with Crippen LogP contribution in [0.15, 0.2) is 60.7 Å². The Kier molecular flexibility index (Phi) is 7.80. The fraction of sp³-hybridized carbons (Fsp3) is 0.423. The molecule has 0 aromatic heterocycles. The van der Waals surface area contributed by atoms with E-state index >= 15 is 0 Å². The molecule has 180 valence electrons. The van der Waals surface area contributed by atoms with E-state index in [1.54, 1.807) is 29.2 Å². The van der Waals surface area contributed by atoms with Crippen molar-refractivity contribution in [2.75, 3.05) is 26.2 Å². The van der Waals surface area contributed by atoms with Crippen molar-refractivity contribution in [1.82, 2.24) is 15.1 Å². The van der Waals surface area contributed by atoms with Gasteiger partial charge in [0.1, 0.15) is 11.8 Å². The number of piperazine rings is 1. The van der Waals surface area contributed by atoms with Crippen LogP contribution >= 0.6 is 0 Å². The molecule has 2 aliphatic rings. The average molecular weight is 465 g/mol. The Bertz CT molecular complexity index is 977. The fourth-order valence-corrected chi connectivity index (χ4v) is 4.96. The van der Waals surface area contributed by atoms with E-state index < -0.39 is 11.9 Å².